The fraction of sp³-hybridized carbons (Fsp3) is 0.0769. The van der Waals surface area contributed by atoms with Crippen LogP contribution in [0.5, 0.6) is 0 Å². The number of allylic oxidation sites excluding steroid dienone is 3. The molecule has 0 spiro atoms. The Kier molecular flexibility index (Phi) is 4.11. The maximum absolute atomic E-state index is 11.9. The number of hydrogen-bond acceptors (Lipinski definition) is 5. The molecular weight excluding hydrogens is 278 g/mol. The van der Waals surface area contributed by atoms with Crippen LogP contribution >= 0.6 is 0 Å². The summed E-state index contributed by atoms with van der Waals surface area (Å²) in [5.41, 5.74) is 1.27. The molecule has 1 aromatic carbocycles. The van der Waals surface area contributed by atoms with Crippen LogP contribution in [-0.4, -0.2) is 18.7 Å². The van der Waals surface area contributed by atoms with Crippen LogP contribution in [0.2, 0.25) is 0 Å². The van der Waals surface area contributed by atoms with Gasteiger partial charge in [0.15, 0.2) is 0 Å². The van der Waals surface area contributed by atoms with Gasteiger partial charge in [-0.2, -0.15) is 8.42 Å². The Hall–Kier alpha value is -2.25. The van der Waals surface area contributed by atoms with Crippen molar-refractivity contribution in [2.45, 2.75) is 11.8 Å². The molecule has 1 aromatic rings. The third kappa shape index (κ3) is 3.40. The molecule has 0 aromatic heterocycles. The lowest BCUT2D eigenvalue weighted by molar-refractivity contribution is -0.000512. The smallest absolute Gasteiger partial charge is 0.284 e. The van der Waals surface area contributed by atoms with E-state index in [1.807, 2.05) is 6.92 Å². The van der Waals surface area contributed by atoms with Crippen molar-refractivity contribution >= 4 is 10.0 Å². The summed E-state index contributed by atoms with van der Waals surface area (Å²) >= 11 is 0. The van der Waals surface area contributed by atoms with E-state index in [2.05, 4.69) is 9.63 Å². The number of hydroxylamine groups is 2. The lowest BCUT2D eigenvalue weighted by Gasteiger charge is -2.13. The highest BCUT2D eigenvalue weighted by molar-refractivity contribution is 7.90. The maximum Gasteiger partial charge on any atom is 0.299 e. The molecule has 0 atom stereocenters. The molecule has 2 rings (SSSR count). The highest BCUT2D eigenvalue weighted by atomic mass is 32.2. The van der Waals surface area contributed by atoms with Crippen molar-refractivity contribution in [3.8, 4) is 0 Å². The minimum atomic E-state index is -3.82. The first-order valence-electron chi connectivity index (χ1n) is 5.76. The summed E-state index contributed by atoms with van der Waals surface area (Å²) in [6.45, 7) is 1.86. The zero-order valence-corrected chi connectivity index (χ0v) is 11.5. The minimum Gasteiger partial charge on any atom is -0.284 e. The van der Waals surface area contributed by atoms with Gasteiger partial charge in [-0.05, 0) is 31.2 Å². The molecule has 0 unspecified atom stereocenters. The first-order valence-corrected chi connectivity index (χ1v) is 7.20. The Bertz CT molecular complexity index is 701. The van der Waals surface area contributed by atoms with E-state index < -0.39 is 10.0 Å². The minimum absolute atomic E-state index is 0.0742. The maximum atomic E-state index is 11.9. The molecule has 0 saturated carbocycles. The van der Waals surface area contributed by atoms with Crippen molar-refractivity contribution in [2.24, 2.45) is 9.63 Å². The van der Waals surface area contributed by atoms with E-state index >= 15 is 0 Å². The van der Waals surface area contributed by atoms with Gasteiger partial charge in [-0.25, -0.2) is 5.06 Å². The molecule has 1 heterocycles. The zero-order chi connectivity index (χ0) is 14.6. The number of aryl methyl sites for hydroxylation is 1. The number of nitrogens with zero attached hydrogens (tertiary/aromatic N) is 3. The van der Waals surface area contributed by atoms with Crippen LogP contribution < -0.4 is 0 Å². The van der Waals surface area contributed by atoms with Gasteiger partial charge < -0.3 is 0 Å². The van der Waals surface area contributed by atoms with Gasteiger partial charge >= 0.3 is 0 Å². The molecule has 0 bridgehead atoms. The third-order valence-electron chi connectivity index (χ3n) is 2.53. The van der Waals surface area contributed by atoms with Crippen molar-refractivity contribution in [3.05, 3.63) is 66.2 Å². The lowest BCUT2D eigenvalue weighted by Crippen LogP contribution is -2.10. The second kappa shape index (κ2) is 5.81. The number of sulfonamides is 1. The van der Waals surface area contributed by atoms with Crippen LogP contribution in [-0.2, 0) is 10.0 Å². The fourth-order valence-corrected chi connectivity index (χ4v) is 2.20. The van der Waals surface area contributed by atoms with Gasteiger partial charge in [-0.3, -0.25) is 5.21 Å². The summed E-state index contributed by atoms with van der Waals surface area (Å²) in [5.74, 6) is 0. The lowest BCUT2D eigenvalue weighted by atomic mass is 10.2. The molecule has 20 heavy (non-hydrogen) atoms. The number of benzene rings is 1. The number of rotatable bonds is 3. The third-order valence-corrected chi connectivity index (χ3v) is 3.71. The van der Waals surface area contributed by atoms with Crippen LogP contribution in [0.25, 0.3) is 0 Å². The summed E-state index contributed by atoms with van der Waals surface area (Å²) in [5, 5.41) is 13.7. The standard InChI is InChI=1S/C13H13N3O3S/c1-11-5-7-13(8-6-11)20(18,19)15-14-10-12-4-2-3-9-16(12)17/h2-10,17H,1H3. The van der Waals surface area contributed by atoms with Crippen molar-refractivity contribution < 1.29 is 13.6 Å². The van der Waals surface area contributed by atoms with E-state index in [0.717, 1.165) is 16.8 Å². The average molecular weight is 291 g/mol. The van der Waals surface area contributed by atoms with Crippen molar-refractivity contribution in [3.63, 3.8) is 0 Å². The van der Waals surface area contributed by atoms with E-state index in [-0.39, 0.29) is 4.90 Å². The van der Waals surface area contributed by atoms with Crippen LogP contribution in [0.4, 0.5) is 0 Å². The molecule has 0 aliphatic carbocycles. The fourth-order valence-electron chi connectivity index (χ4n) is 1.45. The summed E-state index contributed by atoms with van der Waals surface area (Å²) in [7, 11) is -3.82. The Morgan fingerprint density at radius 1 is 1.20 bits per heavy atom. The van der Waals surface area contributed by atoms with Gasteiger partial charge in [0.25, 0.3) is 10.0 Å². The van der Waals surface area contributed by atoms with Crippen LogP contribution in [0.3, 0.4) is 0 Å². The molecule has 7 heteroatoms. The van der Waals surface area contributed by atoms with E-state index in [0.29, 0.717) is 5.70 Å². The summed E-state index contributed by atoms with van der Waals surface area (Å²) in [6, 6.07) is 6.31. The molecule has 1 aliphatic heterocycles. The molecule has 0 saturated heterocycles. The second-order valence-electron chi connectivity index (χ2n) is 4.08. The predicted octanol–water partition coefficient (Wildman–Crippen LogP) is 2.75. The monoisotopic (exact) mass is 291 g/mol. The molecule has 0 amide bonds. The molecule has 104 valence electrons. The van der Waals surface area contributed by atoms with Crippen LogP contribution in [0.1, 0.15) is 5.56 Å². The average Bonchev–Trinajstić information content (AvgIpc) is 2.41. The molecule has 6 nitrogen and oxygen atoms in total. The van der Waals surface area contributed by atoms with E-state index in [1.54, 1.807) is 30.4 Å². The number of hydrogen-bond donors (Lipinski definition) is 1. The van der Waals surface area contributed by atoms with Gasteiger partial charge in [0.2, 0.25) is 0 Å². The van der Waals surface area contributed by atoms with Gasteiger partial charge in [-0.1, -0.05) is 28.3 Å². The van der Waals surface area contributed by atoms with Gasteiger partial charge in [0.05, 0.1) is 16.8 Å². The summed E-state index contributed by atoms with van der Waals surface area (Å²) in [4.78, 5) is 0.0742. The van der Waals surface area contributed by atoms with Gasteiger partial charge in [0, 0.05) is 6.20 Å². The molecule has 0 fully saturated rings. The Labute approximate surface area is 117 Å². The first-order chi connectivity index (χ1) is 9.49. The van der Waals surface area contributed by atoms with E-state index in [1.165, 1.54) is 18.3 Å². The molecular formula is C13H13N3O3S. The van der Waals surface area contributed by atoms with Crippen molar-refractivity contribution in [2.75, 3.05) is 0 Å². The predicted molar refractivity (Wildman–Crippen MR) is 73.2 cm³/mol. The Balaban J connectivity index is 2.18. The van der Waals surface area contributed by atoms with Gasteiger partial charge in [-0.15, -0.1) is 5.11 Å². The SMILES string of the molecule is Cc1ccc(S(=O)(=O)N=NC=C2C=CC=CN2O)cc1. The highest BCUT2D eigenvalue weighted by Crippen LogP contribution is 2.14. The molecule has 0 radical (unpaired) electrons. The normalized spacial score (nSPS) is 17.3. The molecule has 1 aliphatic rings. The van der Waals surface area contributed by atoms with Crippen molar-refractivity contribution in [1.29, 1.82) is 0 Å². The zero-order valence-electron chi connectivity index (χ0n) is 10.7. The second-order valence-corrected chi connectivity index (χ2v) is 5.67. The largest absolute Gasteiger partial charge is 0.299 e. The van der Waals surface area contributed by atoms with E-state index in [4.69, 9.17) is 0 Å². The topological polar surface area (TPSA) is 82.3 Å². The van der Waals surface area contributed by atoms with Crippen LogP contribution in [0.15, 0.2) is 75.1 Å². The quantitative estimate of drug-likeness (QED) is 0.868. The van der Waals surface area contributed by atoms with E-state index in [9.17, 15) is 13.6 Å². The van der Waals surface area contributed by atoms with Gasteiger partial charge in [0.1, 0.15) is 0 Å². The summed E-state index contributed by atoms with van der Waals surface area (Å²) in [6.07, 6.45) is 7.43. The van der Waals surface area contributed by atoms with Crippen LogP contribution in [0, 0.1) is 6.92 Å². The molecule has 1 N–H and O–H groups in total. The first kappa shape index (κ1) is 14.2. The Morgan fingerprint density at radius 3 is 2.55 bits per heavy atom. The highest BCUT2D eigenvalue weighted by Gasteiger charge is 2.12. The summed E-state index contributed by atoms with van der Waals surface area (Å²) < 4.78 is 27.0. The van der Waals surface area contributed by atoms with Crippen molar-refractivity contribution in [1.82, 2.24) is 5.06 Å². The Morgan fingerprint density at radius 2 is 1.90 bits per heavy atom.